The van der Waals surface area contributed by atoms with Crippen LogP contribution in [0.5, 0.6) is 11.5 Å². The number of ether oxygens (including phenoxy) is 2. The van der Waals surface area contributed by atoms with Gasteiger partial charge in [0, 0.05) is 0 Å². The van der Waals surface area contributed by atoms with Crippen LogP contribution in [0.3, 0.4) is 0 Å². The van der Waals surface area contributed by atoms with Gasteiger partial charge in [-0.05, 0) is 69.9 Å². The summed E-state index contributed by atoms with van der Waals surface area (Å²) >= 11 is 0. The summed E-state index contributed by atoms with van der Waals surface area (Å²) < 4.78 is 11.1. The van der Waals surface area contributed by atoms with Gasteiger partial charge in [-0.2, -0.15) is 0 Å². The summed E-state index contributed by atoms with van der Waals surface area (Å²) in [5.41, 5.74) is 2.64. The average molecular weight is 359 g/mol. The summed E-state index contributed by atoms with van der Waals surface area (Å²) in [6.45, 7) is 16.5. The first kappa shape index (κ1) is 24.0. The molecule has 2 nitrogen and oxygen atoms in total. The van der Waals surface area contributed by atoms with Gasteiger partial charge in [0.1, 0.15) is 11.5 Å². The lowest BCUT2D eigenvalue weighted by molar-refractivity contribution is 0.240. The first-order chi connectivity index (χ1) is 12.5. The Kier molecular flexibility index (Phi) is 13.2. The third kappa shape index (κ3) is 10.1. The highest BCUT2D eigenvalue weighted by atomic mass is 16.5. The summed E-state index contributed by atoms with van der Waals surface area (Å²) in [6.07, 6.45) is 2.64. The van der Waals surface area contributed by atoms with Crippen LogP contribution in [0.15, 0.2) is 48.5 Å². The number of para-hydroxylation sites is 1. The minimum absolute atomic E-state index is 0.262. The molecule has 2 aromatic carbocycles. The molecule has 146 valence electrons. The normalized spacial score (nSPS) is 9.77. The van der Waals surface area contributed by atoms with E-state index in [0.29, 0.717) is 0 Å². The van der Waals surface area contributed by atoms with E-state index in [0.717, 1.165) is 24.3 Å². The fourth-order valence-electron chi connectivity index (χ4n) is 2.24. The largest absolute Gasteiger partial charge is 0.491 e. The predicted molar refractivity (Wildman–Crippen MR) is 115 cm³/mol. The average Bonchev–Trinajstić information content (AvgIpc) is 2.64. The summed E-state index contributed by atoms with van der Waals surface area (Å²) in [4.78, 5) is 0. The van der Waals surface area contributed by atoms with E-state index in [4.69, 9.17) is 9.47 Å². The molecule has 0 spiro atoms. The van der Waals surface area contributed by atoms with Crippen LogP contribution < -0.4 is 9.47 Å². The van der Waals surface area contributed by atoms with Crippen molar-refractivity contribution in [2.75, 3.05) is 0 Å². The smallest absolute Gasteiger partial charge is 0.122 e. The van der Waals surface area contributed by atoms with Crippen molar-refractivity contribution in [2.45, 2.75) is 80.4 Å². The molecule has 2 rings (SSSR count). The van der Waals surface area contributed by atoms with Gasteiger partial charge in [-0.25, -0.2) is 0 Å². The summed E-state index contributed by atoms with van der Waals surface area (Å²) in [5, 5.41) is 0. The summed E-state index contributed by atoms with van der Waals surface area (Å²) in [6, 6.07) is 16.5. The molecule has 0 atom stereocenters. The van der Waals surface area contributed by atoms with Crippen LogP contribution in [0.1, 0.15) is 66.5 Å². The van der Waals surface area contributed by atoms with E-state index in [2.05, 4.69) is 32.0 Å². The quantitative estimate of drug-likeness (QED) is 0.548. The minimum atomic E-state index is 0.262. The highest BCUT2D eigenvalue weighted by Gasteiger charge is 2.01. The van der Waals surface area contributed by atoms with Gasteiger partial charge in [-0.15, -0.1) is 0 Å². The van der Waals surface area contributed by atoms with Crippen molar-refractivity contribution in [2.24, 2.45) is 0 Å². The summed E-state index contributed by atoms with van der Waals surface area (Å²) in [5.74, 6) is 1.98. The van der Waals surface area contributed by atoms with Crippen molar-refractivity contribution < 1.29 is 9.47 Å². The molecule has 0 aliphatic rings. The molecule has 2 aromatic rings. The van der Waals surface area contributed by atoms with Crippen molar-refractivity contribution in [1.82, 2.24) is 0 Å². The van der Waals surface area contributed by atoms with Crippen LogP contribution in [0.2, 0.25) is 0 Å². The molecule has 0 unspecified atom stereocenters. The van der Waals surface area contributed by atoms with E-state index in [1.807, 2.05) is 71.9 Å². The molecule has 0 aromatic heterocycles. The molecule has 0 bridgehead atoms. The number of benzene rings is 2. The molecule has 0 aliphatic heterocycles. The third-order valence-corrected chi connectivity index (χ3v) is 3.42. The highest BCUT2D eigenvalue weighted by molar-refractivity contribution is 5.33. The molecule has 0 fully saturated rings. The Morgan fingerprint density at radius 1 is 0.692 bits per heavy atom. The molecule has 0 amide bonds. The molecule has 0 saturated carbocycles. The third-order valence-electron chi connectivity index (χ3n) is 3.42. The SMILES string of the molecule is CC.CCc1ccc(OC(C)C)cc1.CCc1ccccc1OC(C)C. The van der Waals surface area contributed by atoms with Gasteiger partial charge in [0.15, 0.2) is 0 Å². The molecule has 26 heavy (non-hydrogen) atoms. The van der Waals surface area contributed by atoms with E-state index in [1.54, 1.807) is 0 Å². The van der Waals surface area contributed by atoms with Gasteiger partial charge >= 0.3 is 0 Å². The van der Waals surface area contributed by atoms with E-state index in [1.165, 1.54) is 11.1 Å². The van der Waals surface area contributed by atoms with Gasteiger partial charge in [0.25, 0.3) is 0 Å². The molecular weight excluding hydrogens is 320 g/mol. The second kappa shape index (κ2) is 14.2. The Morgan fingerprint density at radius 3 is 1.69 bits per heavy atom. The van der Waals surface area contributed by atoms with Gasteiger partial charge in [-0.1, -0.05) is 58.0 Å². The zero-order valence-corrected chi connectivity index (χ0v) is 18.0. The predicted octanol–water partition coefficient (Wildman–Crippen LogP) is 7.10. The zero-order chi connectivity index (χ0) is 19.9. The van der Waals surface area contributed by atoms with Crippen LogP contribution in [0.4, 0.5) is 0 Å². The number of hydrogen-bond acceptors (Lipinski definition) is 2. The minimum Gasteiger partial charge on any atom is -0.491 e. The van der Waals surface area contributed by atoms with Crippen LogP contribution in [0.25, 0.3) is 0 Å². The second-order valence-corrected chi connectivity index (χ2v) is 6.29. The van der Waals surface area contributed by atoms with Crippen LogP contribution in [0, 0.1) is 0 Å². The Morgan fingerprint density at radius 2 is 1.23 bits per heavy atom. The summed E-state index contributed by atoms with van der Waals surface area (Å²) in [7, 11) is 0. The van der Waals surface area contributed by atoms with E-state index < -0.39 is 0 Å². The highest BCUT2D eigenvalue weighted by Crippen LogP contribution is 2.19. The molecule has 0 saturated heterocycles. The molecule has 0 N–H and O–H groups in total. The molecular formula is C24H38O2. The fourth-order valence-corrected chi connectivity index (χ4v) is 2.24. The lowest BCUT2D eigenvalue weighted by Crippen LogP contribution is -2.06. The van der Waals surface area contributed by atoms with Crippen molar-refractivity contribution >= 4 is 0 Å². The van der Waals surface area contributed by atoms with Crippen molar-refractivity contribution in [1.29, 1.82) is 0 Å². The van der Waals surface area contributed by atoms with E-state index in [-0.39, 0.29) is 12.2 Å². The zero-order valence-electron chi connectivity index (χ0n) is 18.0. The Labute approximate surface area is 161 Å². The molecule has 0 aliphatic carbocycles. The first-order valence-electron chi connectivity index (χ1n) is 9.96. The van der Waals surface area contributed by atoms with Crippen molar-refractivity contribution in [3.05, 3.63) is 59.7 Å². The Hall–Kier alpha value is -1.96. The standard InChI is InChI=1S/2C11H16O.C2H6/c1-4-10-5-7-11(8-6-10)12-9(2)3;1-4-10-7-5-6-8-11(10)12-9(2)3;1-2/h2*5-9H,4H2,1-3H3;1-2H3. The Balaban J connectivity index is 0.000000439. The maximum Gasteiger partial charge on any atom is 0.122 e. The van der Waals surface area contributed by atoms with Gasteiger partial charge in [0.2, 0.25) is 0 Å². The number of aryl methyl sites for hydroxylation is 2. The second-order valence-electron chi connectivity index (χ2n) is 6.29. The van der Waals surface area contributed by atoms with Crippen LogP contribution in [-0.4, -0.2) is 12.2 Å². The molecule has 0 radical (unpaired) electrons. The maximum absolute atomic E-state index is 5.64. The Bertz CT molecular complexity index is 571. The van der Waals surface area contributed by atoms with Crippen molar-refractivity contribution in [3.63, 3.8) is 0 Å². The van der Waals surface area contributed by atoms with Crippen molar-refractivity contribution in [3.8, 4) is 11.5 Å². The van der Waals surface area contributed by atoms with Crippen LogP contribution in [-0.2, 0) is 12.8 Å². The molecule has 0 heterocycles. The van der Waals surface area contributed by atoms with Gasteiger partial charge in [-0.3, -0.25) is 0 Å². The lowest BCUT2D eigenvalue weighted by Gasteiger charge is -2.12. The van der Waals surface area contributed by atoms with E-state index >= 15 is 0 Å². The topological polar surface area (TPSA) is 18.5 Å². The van der Waals surface area contributed by atoms with Gasteiger partial charge < -0.3 is 9.47 Å². The van der Waals surface area contributed by atoms with Gasteiger partial charge in [0.05, 0.1) is 12.2 Å². The van der Waals surface area contributed by atoms with Crippen LogP contribution >= 0.6 is 0 Å². The molecule has 2 heteroatoms. The number of rotatable bonds is 6. The lowest BCUT2D eigenvalue weighted by atomic mass is 10.1. The number of hydrogen-bond donors (Lipinski definition) is 0. The fraction of sp³-hybridized carbons (Fsp3) is 0.500. The van der Waals surface area contributed by atoms with E-state index in [9.17, 15) is 0 Å². The first-order valence-corrected chi connectivity index (χ1v) is 9.96. The maximum atomic E-state index is 5.64. The monoisotopic (exact) mass is 358 g/mol.